The molecule has 0 spiro atoms. The number of aromatic nitrogens is 4. The molecule has 0 bridgehead atoms. The maximum atomic E-state index is 13.3. The van der Waals surface area contributed by atoms with E-state index in [1.165, 1.54) is 29.2 Å². The number of carbonyl (C=O) groups is 2. The van der Waals surface area contributed by atoms with Crippen molar-refractivity contribution in [3.63, 3.8) is 0 Å². The van der Waals surface area contributed by atoms with Gasteiger partial charge in [-0.05, 0) is 58.8 Å². The Balaban J connectivity index is 1.67. The Kier molecular flexibility index (Phi) is 5.89. The molecule has 0 atom stereocenters. The first-order valence-corrected chi connectivity index (χ1v) is 9.84. The molecule has 1 aromatic heterocycles. The van der Waals surface area contributed by atoms with Crippen LogP contribution in [-0.4, -0.2) is 43.4 Å². The van der Waals surface area contributed by atoms with Crippen LogP contribution in [0, 0.1) is 0 Å². The van der Waals surface area contributed by atoms with Crippen LogP contribution in [0.4, 0.5) is 10.5 Å². The highest BCUT2D eigenvalue weighted by molar-refractivity contribution is 5.94. The zero-order valence-electron chi connectivity index (χ0n) is 16.9. The summed E-state index contributed by atoms with van der Waals surface area (Å²) in [5.41, 5.74) is 1.33. The van der Waals surface area contributed by atoms with Gasteiger partial charge in [0, 0.05) is 12.2 Å². The number of nitrogens with zero attached hydrogens (tertiary/aromatic N) is 5. The van der Waals surface area contributed by atoms with Crippen LogP contribution in [0.1, 0.15) is 15.9 Å². The maximum absolute atomic E-state index is 13.3. The van der Waals surface area contributed by atoms with E-state index in [1.807, 2.05) is 30.3 Å². The van der Waals surface area contributed by atoms with Crippen LogP contribution in [0.5, 0.6) is 0 Å². The fourth-order valence-corrected chi connectivity index (χ4v) is 3.22. The second kappa shape index (κ2) is 9.09. The molecule has 0 aliphatic carbocycles. The molecule has 9 nitrogen and oxygen atoms in total. The van der Waals surface area contributed by atoms with Crippen LogP contribution in [0.2, 0.25) is 0 Å². The standard InChI is InChI=1S/C23H19N5O4/c29-21(30)18-11-13-19(14-12-18)26(16-15-17-7-3-1-4-8-17)22(31)28-23(32)27(24-25-28)20-9-5-2-6-10-20/h1-14H,15-16H2,(H,29,30). The zero-order chi connectivity index (χ0) is 22.5. The summed E-state index contributed by atoms with van der Waals surface area (Å²) in [7, 11) is 0. The van der Waals surface area contributed by atoms with Crippen LogP contribution < -0.4 is 10.6 Å². The summed E-state index contributed by atoms with van der Waals surface area (Å²) in [6.45, 7) is 0.250. The van der Waals surface area contributed by atoms with Crippen LogP contribution in [0.3, 0.4) is 0 Å². The molecule has 1 heterocycles. The lowest BCUT2D eigenvalue weighted by molar-refractivity contribution is 0.0697. The molecule has 0 aliphatic rings. The number of para-hydroxylation sites is 1. The van der Waals surface area contributed by atoms with E-state index in [1.54, 1.807) is 30.3 Å². The Labute approximate surface area is 182 Å². The summed E-state index contributed by atoms with van der Waals surface area (Å²) >= 11 is 0. The Hall–Kier alpha value is -4.53. The molecule has 1 N–H and O–H groups in total. The number of carboxylic acids is 1. The van der Waals surface area contributed by atoms with Gasteiger partial charge in [-0.1, -0.05) is 48.5 Å². The number of benzene rings is 3. The third-order valence-corrected chi connectivity index (χ3v) is 4.89. The van der Waals surface area contributed by atoms with Gasteiger partial charge >= 0.3 is 17.7 Å². The minimum Gasteiger partial charge on any atom is -0.478 e. The third kappa shape index (κ3) is 4.31. The predicted molar refractivity (Wildman–Crippen MR) is 117 cm³/mol. The molecule has 9 heteroatoms. The highest BCUT2D eigenvalue weighted by Gasteiger charge is 2.23. The second-order valence-electron chi connectivity index (χ2n) is 6.94. The van der Waals surface area contributed by atoms with Crippen molar-refractivity contribution in [1.82, 2.24) is 19.8 Å². The fraction of sp³-hybridized carbons (Fsp3) is 0.0870. The molecule has 32 heavy (non-hydrogen) atoms. The quantitative estimate of drug-likeness (QED) is 0.472. The monoisotopic (exact) mass is 429 g/mol. The highest BCUT2D eigenvalue weighted by atomic mass is 16.4. The molecule has 160 valence electrons. The van der Waals surface area contributed by atoms with Crippen LogP contribution in [-0.2, 0) is 6.42 Å². The van der Waals surface area contributed by atoms with Gasteiger partial charge in [0.2, 0.25) is 0 Å². The number of rotatable bonds is 6. The number of anilines is 1. The van der Waals surface area contributed by atoms with Crippen LogP contribution in [0.25, 0.3) is 5.69 Å². The van der Waals surface area contributed by atoms with E-state index in [0.717, 1.165) is 10.2 Å². The smallest absolute Gasteiger partial charge is 0.377 e. The van der Waals surface area contributed by atoms with Crippen molar-refractivity contribution in [1.29, 1.82) is 0 Å². The summed E-state index contributed by atoms with van der Waals surface area (Å²) in [5.74, 6) is -1.07. The molecule has 4 rings (SSSR count). The summed E-state index contributed by atoms with van der Waals surface area (Å²) in [4.78, 5) is 38.7. The second-order valence-corrected chi connectivity index (χ2v) is 6.94. The first-order chi connectivity index (χ1) is 15.5. The Morgan fingerprint density at radius 2 is 1.47 bits per heavy atom. The average Bonchev–Trinajstić information content (AvgIpc) is 3.22. The normalized spacial score (nSPS) is 10.6. The largest absolute Gasteiger partial charge is 0.478 e. The summed E-state index contributed by atoms with van der Waals surface area (Å²) in [5, 5.41) is 16.8. The van der Waals surface area contributed by atoms with Crippen molar-refractivity contribution in [2.75, 3.05) is 11.4 Å². The molecule has 0 saturated heterocycles. The number of carbonyl (C=O) groups excluding carboxylic acids is 1. The molecule has 0 fully saturated rings. The van der Waals surface area contributed by atoms with Gasteiger partial charge in [-0.3, -0.25) is 4.90 Å². The Morgan fingerprint density at radius 1 is 0.844 bits per heavy atom. The number of hydrogen-bond acceptors (Lipinski definition) is 5. The van der Waals surface area contributed by atoms with Gasteiger partial charge < -0.3 is 5.11 Å². The number of amides is 1. The van der Waals surface area contributed by atoms with E-state index < -0.39 is 17.7 Å². The molecule has 0 radical (unpaired) electrons. The van der Waals surface area contributed by atoms with Crippen LogP contribution in [0.15, 0.2) is 89.7 Å². The maximum Gasteiger partial charge on any atom is 0.377 e. The molecule has 1 amide bonds. The number of carboxylic acid groups (broad SMARTS) is 1. The summed E-state index contributed by atoms with van der Waals surface area (Å²) in [6.07, 6.45) is 0.523. The van der Waals surface area contributed by atoms with Gasteiger partial charge in [0.15, 0.2) is 0 Å². The van der Waals surface area contributed by atoms with Gasteiger partial charge in [-0.15, -0.1) is 4.68 Å². The van der Waals surface area contributed by atoms with Crippen molar-refractivity contribution >= 4 is 17.7 Å². The van der Waals surface area contributed by atoms with Gasteiger partial charge in [-0.25, -0.2) is 14.4 Å². The van der Waals surface area contributed by atoms with E-state index in [0.29, 0.717) is 22.5 Å². The van der Waals surface area contributed by atoms with Crippen molar-refractivity contribution in [3.05, 3.63) is 107 Å². The number of aromatic carboxylic acids is 1. The average molecular weight is 429 g/mol. The zero-order valence-corrected chi connectivity index (χ0v) is 16.9. The lowest BCUT2D eigenvalue weighted by Crippen LogP contribution is -2.42. The summed E-state index contributed by atoms with van der Waals surface area (Å²) < 4.78 is 1.74. The highest BCUT2D eigenvalue weighted by Crippen LogP contribution is 2.17. The fourth-order valence-electron chi connectivity index (χ4n) is 3.22. The van der Waals surface area contributed by atoms with Gasteiger partial charge in [0.1, 0.15) is 0 Å². The third-order valence-electron chi connectivity index (χ3n) is 4.89. The predicted octanol–water partition coefficient (Wildman–Crippen LogP) is 2.84. The van der Waals surface area contributed by atoms with Crippen LogP contribution >= 0.6 is 0 Å². The molecule has 3 aromatic carbocycles. The first kappa shape index (κ1) is 20.7. The molecular weight excluding hydrogens is 410 g/mol. The van der Waals surface area contributed by atoms with Gasteiger partial charge in [0.25, 0.3) is 0 Å². The van der Waals surface area contributed by atoms with E-state index >= 15 is 0 Å². The minimum absolute atomic E-state index is 0.0939. The van der Waals surface area contributed by atoms with Gasteiger partial charge in [0.05, 0.1) is 11.3 Å². The van der Waals surface area contributed by atoms with Crippen molar-refractivity contribution < 1.29 is 14.7 Å². The molecule has 0 aliphatic heterocycles. The lowest BCUT2D eigenvalue weighted by atomic mass is 10.1. The minimum atomic E-state index is -1.07. The SMILES string of the molecule is O=C(O)c1ccc(N(CCc2ccccc2)C(=O)n2nnn(-c3ccccc3)c2=O)cc1. The van der Waals surface area contributed by atoms with Gasteiger partial charge in [-0.2, -0.15) is 4.68 Å². The van der Waals surface area contributed by atoms with Crippen molar-refractivity contribution in [2.24, 2.45) is 0 Å². The van der Waals surface area contributed by atoms with Crippen molar-refractivity contribution in [3.8, 4) is 5.69 Å². The number of hydrogen-bond donors (Lipinski definition) is 1. The topological polar surface area (TPSA) is 110 Å². The van der Waals surface area contributed by atoms with E-state index in [-0.39, 0.29) is 12.1 Å². The Bertz CT molecular complexity index is 1280. The van der Waals surface area contributed by atoms with Crippen molar-refractivity contribution in [2.45, 2.75) is 6.42 Å². The molecule has 0 unspecified atom stereocenters. The number of tetrazole rings is 1. The molecule has 0 saturated carbocycles. The molecule has 4 aromatic rings. The van der Waals surface area contributed by atoms with E-state index in [9.17, 15) is 14.4 Å². The summed E-state index contributed by atoms with van der Waals surface area (Å²) in [6, 6.07) is 23.4. The first-order valence-electron chi connectivity index (χ1n) is 9.84. The molecular formula is C23H19N5O4. The van der Waals surface area contributed by atoms with E-state index in [4.69, 9.17) is 5.11 Å². The lowest BCUT2D eigenvalue weighted by Gasteiger charge is -2.22. The van der Waals surface area contributed by atoms with E-state index in [2.05, 4.69) is 10.4 Å². The Morgan fingerprint density at radius 3 is 2.09 bits per heavy atom.